The van der Waals surface area contributed by atoms with E-state index in [1.807, 2.05) is 6.08 Å². The predicted octanol–water partition coefficient (Wildman–Crippen LogP) is 1.86. The van der Waals surface area contributed by atoms with Crippen LogP contribution in [-0.4, -0.2) is 54.4 Å². The summed E-state index contributed by atoms with van der Waals surface area (Å²) in [6, 6.07) is -0.234. The zero-order valence-corrected chi connectivity index (χ0v) is 13.5. The minimum atomic E-state index is -1.06. The Labute approximate surface area is 126 Å². The van der Waals surface area contributed by atoms with Crippen molar-refractivity contribution in [2.75, 3.05) is 26.8 Å². The normalized spacial score (nSPS) is 16.4. The second kappa shape index (κ2) is 6.47. The quantitative estimate of drug-likeness (QED) is 0.759. The molecule has 0 fully saturated rings. The van der Waals surface area contributed by atoms with Crippen molar-refractivity contribution in [3.63, 3.8) is 0 Å². The van der Waals surface area contributed by atoms with Gasteiger partial charge in [0, 0.05) is 20.2 Å². The number of methoxy groups -OCH3 is 1. The van der Waals surface area contributed by atoms with E-state index >= 15 is 0 Å². The number of nitrogens with one attached hydrogen (secondary N) is 1. The van der Waals surface area contributed by atoms with E-state index in [0.717, 1.165) is 6.42 Å². The summed E-state index contributed by atoms with van der Waals surface area (Å²) in [7, 11) is 1.65. The first kappa shape index (κ1) is 17.5. The number of carboxylic acids is 1. The lowest BCUT2D eigenvalue weighted by molar-refractivity contribution is -0.150. The SMILES string of the molecule is COCC1=CCN(C(=O)NC(C)(C)C(C)(C)C(=O)O)CC1. The topological polar surface area (TPSA) is 78.9 Å². The number of aliphatic carboxylic acids is 1. The van der Waals surface area contributed by atoms with E-state index in [9.17, 15) is 14.7 Å². The Kier molecular flexibility index (Phi) is 5.39. The fourth-order valence-corrected chi connectivity index (χ4v) is 1.98. The summed E-state index contributed by atoms with van der Waals surface area (Å²) in [5.41, 5.74) is -0.728. The molecular weight excluding hydrogens is 272 g/mol. The number of hydrogen-bond acceptors (Lipinski definition) is 3. The maximum absolute atomic E-state index is 12.3. The summed E-state index contributed by atoms with van der Waals surface area (Å²) < 4.78 is 5.08. The van der Waals surface area contributed by atoms with Gasteiger partial charge in [-0.2, -0.15) is 0 Å². The fourth-order valence-electron chi connectivity index (χ4n) is 1.98. The molecular formula is C15H26N2O4. The van der Waals surface area contributed by atoms with Crippen molar-refractivity contribution < 1.29 is 19.4 Å². The lowest BCUT2D eigenvalue weighted by atomic mass is 9.74. The number of rotatable bonds is 5. The molecule has 0 aromatic carbocycles. The molecule has 0 aliphatic carbocycles. The van der Waals surface area contributed by atoms with Crippen molar-refractivity contribution in [1.82, 2.24) is 10.2 Å². The number of urea groups is 1. The number of nitrogens with zero attached hydrogens (tertiary/aromatic N) is 1. The summed E-state index contributed by atoms with van der Waals surface area (Å²) in [4.78, 5) is 25.3. The summed E-state index contributed by atoms with van der Waals surface area (Å²) in [6.45, 7) is 8.42. The molecule has 0 bridgehead atoms. The van der Waals surface area contributed by atoms with Crippen molar-refractivity contribution in [3.05, 3.63) is 11.6 Å². The molecule has 2 amide bonds. The standard InChI is InChI=1S/C15H26N2O4/c1-14(2,12(18)19)15(3,4)16-13(20)17-8-6-11(7-9-17)10-21-5/h6H,7-10H2,1-5H3,(H,16,20)(H,18,19). The highest BCUT2D eigenvalue weighted by molar-refractivity contribution is 5.80. The molecule has 21 heavy (non-hydrogen) atoms. The van der Waals surface area contributed by atoms with Gasteiger partial charge in [-0.25, -0.2) is 4.79 Å². The van der Waals surface area contributed by atoms with Crippen molar-refractivity contribution in [2.45, 2.75) is 39.7 Å². The highest BCUT2D eigenvalue weighted by atomic mass is 16.5. The number of hydrogen-bond donors (Lipinski definition) is 2. The van der Waals surface area contributed by atoms with Crippen molar-refractivity contribution in [2.24, 2.45) is 5.41 Å². The van der Waals surface area contributed by atoms with Crippen LogP contribution in [0.4, 0.5) is 4.79 Å². The maximum Gasteiger partial charge on any atom is 0.318 e. The van der Waals surface area contributed by atoms with Crippen molar-refractivity contribution in [1.29, 1.82) is 0 Å². The first-order valence-electron chi connectivity index (χ1n) is 7.09. The molecule has 0 saturated heterocycles. The second-order valence-corrected chi connectivity index (χ2v) is 6.48. The zero-order valence-electron chi connectivity index (χ0n) is 13.5. The molecule has 0 radical (unpaired) electrons. The van der Waals surface area contributed by atoms with E-state index in [-0.39, 0.29) is 6.03 Å². The number of carboxylic acid groups (broad SMARTS) is 1. The minimum absolute atomic E-state index is 0.234. The molecule has 0 spiro atoms. The number of carbonyl (C=O) groups is 2. The highest BCUT2D eigenvalue weighted by Gasteiger charge is 2.45. The van der Waals surface area contributed by atoms with Gasteiger partial charge in [-0.1, -0.05) is 6.08 Å². The molecule has 1 rings (SSSR count). The first-order chi connectivity index (χ1) is 9.61. The van der Waals surface area contributed by atoms with E-state index < -0.39 is 16.9 Å². The number of carbonyl (C=O) groups excluding carboxylic acids is 1. The van der Waals surface area contributed by atoms with Gasteiger partial charge in [-0.15, -0.1) is 0 Å². The van der Waals surface area contributed by atoms with Crippen LogP contribution in [0.5, 0.6) is 0 Å². The maximum atomic E-state index is 12.3. The molecule has 0 aromatic rings. The number of ether oxygens (including phenoxy) is 1. The van der Waals surface area contributed by atoms with E-state index in [0.29, 0.717) is 19.7 Å². The second-order valence-electron chi connectivity index (χ2n) is 6.48. The van der Waals surface area contributed by atoms with Gasteiger partial charge in [-0.05, 0) is 39.7 Å². The van der Waals surface area contributed by atoms with Crippen molar-refractivity contribution >= 4 is 12.0 Å². The summed E-state index contributed by atoms with van der Waals surface area (Å²) in [5, 5.41) is 12.1. The molecule has 1 aliphatic heterocycles. The highest BCUT2D eigenvalue weighted by Crippen LogP contribution is 2.31. The summed E-state index contributed by atoms with van der Waals surface area (Å²) in [5.74, 6) is -0.936. The molecule has 0 saturated carbocycles. The van der Waals surface area contributed by atoms with Gasteiger partial charge >= 0.3 is 12.0 Å². The molecule has 1 aliphatic rings. The van der Waals surface area contributed by atoms with Gasteiger partial charge < -0.3 is 20.1 Å². The van der Waals surface area contributed by atoms with Crippen LogP contribution < -0.4 is 5.32 Å². The molecule has 0 atom stereocenters. The lowest BCUT2D eigenvalue weighted by Crippen LogP contribution is -2.59. The monoisotopic (exact) mass is 298 g/mol. The van der Waals surface area contributed by atoms with Crippen LogP contribution in [0, 0.1) is 5.41 Å². The van der Waals surface area contributed by atoms with Gasteiger partial charge in [0.05, 0.1) is 17.6 Å². The number of amides is 2. The van der Waals surface area contributed by atoms with Crippen LogP contribution in [0.15, 0.2) is 11.6 Å². The molecule has 1 heterocycles. The van der Waals surface area contributed by atoms with E-state index in [1.165, 1.54) is 5.57 Å². The van der Waals surface area contributed by atoms with Crippen LogP contribution in [0.25, 0.3) is 0 Å². The Hall–Kier alpha value is -1.56. The van der Waals surface area contributed by atoms with E-state index in [2.05, 4.69) is 5.32 Å². The zero-order chi connectivity index (χ0) is 16.3. The average molecular weight is 298 g/mol. The smallest absolute Gasteiger partial charge is 0.318 e. The third-order valence-electron chi connectivity index (χ3n) is 4.44. The molecule has 0 unspecified atom stereocenters. The Morgan fingerprint density at radius 2 is 2.00 bits per heavy atom. The third kappa shape index (κ3) is 3.97. The molecule has 2 N–H and O–H groups in total. The predicted molar refractivity (Wildman–Crippen MR) is 80.2 cm³/mol. The molecule has 6 heteroatoms. The van der Waals surface area contributed by atoms with Gasteiger partial charge in [0.1, 0.15) is 0 Å². The Morgan fingerprint density at radius 3 is 2.43 bits per heavy atom. The van der Waals surface area contributed by atoms with Crippen LogP contribution in [-0.2, 0) is 9.53 Å². The van der Waals surface area contributed by atoms with Crippen LogP contribution in [0.3, 0.4) is 0 Å². The Balaban J connectivity index is 2.68. The van der Waals surface area contributed by atoms with Crippen LogP contribution in [0.2, 0.25) is 0 Å². The van der Waals surface area contributed by atoms with E-state index in [1.54, 1.807) is 39.7 Å². The van der Waals surface area contributed by atoms with Crippen molar-refractivity contribution in [3.8, 4) is 0 Å². The largest absolute Gasteiger partial charge is 0.481 e. The molecule has 0 aromatic heterocycles. The first-order valence-corrected chi connectivity index (χ1v) is 7.09. The van der Waals surface area contributed by atoms with Crippen LogP contribution >= 0.6 is 0 Å². The lowest BCUT2D eigenvalue weighted by Gasteiger charge is -2.40. The summed E-state index contributed by atoms with van der Waals surface area (Å²) >= 11 is 0. The average Bonchev–Trinajstić information content (AvgIpc) is 2.39. The van der Waals surface area contributed by atoms with Crippen LogP contribution in [0.1, 0.15) is 34.1 Å². The minimum Gasteiger partial charge on any atom is -0.481 e. The van der Waals surface area contributed by atoms with E-state index in [4.69, 9.17) is 4.74 Å². The van der Waals surface area contributed by atoms with Gasteiger partial charge in [0.15, 0.2) is 0 Å². The van der Waals surface area contributed by atoms with Gasteiger partial charge in [0.25, 0.3) is 0 Å². The third-order valence-corrected chi connectivity index (χ3v) is 4.44. The molecule has 6 nitrogen and oxygen atoms in total. The Bertz CT molecular complexity index is 441. The molecule has 120 valence electrons. The fraction of sp³-hybridized carbons (Fsp3) is 0.733. The Morgan fingerprint density at radius 1 is 1.38 bits per heavy atom. The van der Waals surface area contributed by atoms with Gasteiger partial charge in [-0.3, -0.25) is 4.79 Å². The van der Waals surface area contributed by atoms with Gasteiger partial charge in [0.2, 0.25) is 0 Å². The summed E-state index contributed by atoms with van der Waals surface area (Å²) in [6.07, 6.45) is 2.77.